The maximum absolute atomic E-state index is 12.7. The van der Waals surface area contributed by atoms with Gasteiger partial charge in [0, 0.05) is 21.2 Å². The van der Waals surface area contributed by atoms with Crippen LogP contribution in [-0.4, -0.2) is 16.8 Å². The Morgan fingerprint density at radius 2 is 1.76 bits per heavy atom. The molecule has 1 N–H and O–H groups in total. The Hall–Kier alpha value is -3.19. The normalized spacial score (nSPS) is 14.6. The second-order valence-corrected chi connectivity index (χ2v) is 10.8. The van der Waals surface area contributed by atoms with Gasteiger partial charge in [0.15, 0.2) is 0 Å². The van der Waals surface area contributed by atoms with Crippen molar-refractivity contribution in [3.63, 3.8) is 0 Å². The minimum Gasteiger partial charge on any atom is -0.441 e. The van der Waals surface area contributed by atoms with E-state index in [0.717, 1.165) is 51.8 Å². The van der Waals surface area contributed by atoms with Crippen molar-refractivity contribution in [3.05, 3.63) is 93.6 Å². The fourth-order valence-corrected chi connectivity index (χ4v) is 5.85. The van der Waals surface area contributed by atoms with Crippen molar-refractivity contribution in [2.75, 3.05) is 5.32 Å². The minimum atomic E-state index is -0.603. The zero-order valence-corrected chi connectivity index (χ0v) is 22.6. The second-order valence-electron chi connectivity index (χ2n) is 9.21. The number of nitrogens with zero attached hydrogens (tertiary/aromatic N) is 1. The van der Waals surface area contributed by atoms with Gasteiger partial charge in [0.05, 0.1) is 21.7 Å². The van der Waals surface area contributed by atoms with Crippen LogP contribution in [0, 0.1) is 6.92 Å². The lowest BCUT2D eigenvalue weighted by atomic mass is 9.94. The van der Waals surface area contributed by atoms with E-state index < -0.39 is 12.2 Å². The van der Waals surface area contributed by atoms with Gasteiger partial charge in [0.25, 0.3) is 0 Å². The minimum absolute atomic E-state index is 0.292. The quantitative estimate of drug-likeness (QED) is 0.234. The number of benzene rings is 3. The summed E-state index contributed by atoms with van der Waals surface area (Å²) < 4.78 is 10.0. The summed E-state index contributed by atoms with van der Waals surface area (Å²) in [5, 5.41) is 3.91. The maximum Gasteiger partial charge on any atom is 0.412 e. The van der Waals surface area contributed by atoms with Crippen LogP contribution in [0.2, 0.25) is 10.0 Å². The average Bonchev–Trinajstić information content (AvgIpc) is 3.62. The van der Waals surface area contributed by atoms with Crippen LogP contribution in [-0.2, 0) is 14.9 Å². The number of carbonyl (C=O) groups excluding carboxylic acids is 2. The van der Waals surface area contributed by atoms with Crippen molar-refractivity contribution in [1.82, 2.24) is 4.37 Å². The number of carbonyl (C=O) groups is 2. The molecule has 0 radical (unpaired) electrons. The molecule has 5 rings (SSSR count). The molecule has 188 valence electrons. The van der Waals surface area contributed by atoms with E-state index in [4.69, 9.17) is 27.9 Å². The molecular formula is C29H24Cl2N2O3S. The van der Waals surface area contributed by atoms with E-state index in [1.165, 1.54) is 11.5 Å². The number of anilines is 1. The van der Waals surface area contributed by atoms with Gasteiger partial charge in [-0.15, -0.1) is 0 Å². The van der Waals surface area contributed by atoms with E-state index in [9.17, 15) is 9.59 Å². The van der Waals surface area contributed by atoms with Crippen LogP contribution in [0.15, 0.2) is 66.7 Å². The van der Waals surface area contributed by atoms with Crippen molar-refractivity contribution in [2.24, 2.45) is 0 Å². The Kier molecular flexibility index (Phi) is 7.08. The van der Waals surface area contributed by atoms with Crippen molar-refractivity contribution >= 4 is 52.8 Å². The number of amides is 1. The van der Waals surface area contributed by atoms with E-state index in [1.54, 1.807) is 13.0 Å². The lowest BCUT2D eigenvalue weighted by Gasteiger charge is -2.16. The molecule has 1 aliphatic rings. The molecule has 1 amide bonds. The molecule has 1 aromatic heterocycles. The Labute approximate surface area is 229 Å². The highest BCUT2D eigenvalue weighted by Crippen LogP contribution is 2.46. The van der Waals surface area contributed by atoms with Crippen molar-refractivity contribution < 1.29 is 14.3 Å². The zero-order valence-electron chi connectivity index (χ0n) is 20.3. The van der Waals surface area contributed by atoms with E-state index in [1.807, 2.05) is 67.6 Å². The van der Waals surface area contributed by atoms with Gasteiger partial charge in [-0.25, -0.2) is 4.79 Å². The Morgan fingerprint density at radius 1 is 1.05 bits per heavy atom. The van der Waals surface area contributed by atoms with Gasteiger partial charge in [-0.05, 0) is 67.0 Å². The summed E-state index contributed by atoms with van der Waals surface area (Å²) in [5.41, 5.74) is 5.45. The predicted molar refractivity (Wildman–Crippen MR) is 150 cm³/mol. The van der Waals surface area contributed by atoms with Crippen LogP contribution >= 0.6 is 34.7 Å². The summed E-state index contributed by atoms with van der Waals surface area (Å²) in [6.07, 6.45) is 1.75. The highest BCUT2D eigenvalue weighted by Gasteiger charge is 2.44. The number of hydrogen-bond acceptors (Lipinski definition) is 5. The molecule has 37 heavy (non-hydrogen) atoms. The summed E-state index contributed by atoms with van der Waals surface area (Å²) in [7, 11) is 0. The molecule has 1 heterocycles. The number of ether oxygens (including phenoxy) is 1. The Morgan fingerprint density at radius 3 is 2.41 bits per heavy atom. The molecule has 3 aromatic carbocycles. The number of aromatic nitrogens is 1. The first kappa shape index (κ1) is 25.5. The molecule has 5 nitrogen and oxygen atoms in total. The van der Waals surface area contributed by atoms with Crippen molar-refractivity contribution in [3.8, 4) is 21.6 Å². The summed E-state index contributed by atoms with van der Waals surface area (Å²) in [5.74, 6) is 0. The third kappa shape index (κ3) is 5.14. The molecule has 1 atom stereocenters. The molecule has 8 heteroatoms. The van der Waals surface area contributed by atoms with Crippen LogP contribution in [0.1, 0.15) is 42.7 Å². The van der Waals surface area contributed by atoms with Crippen LogP contribution in [0.5, 0.6) is 0 Å². The molecule has 0 aliphatic heterocycles. The van der Waals surface area contributed by atoms with Crippen LogP contribution in [0.3, 0.4) is 0 Å². The third-order valence-corrected chi connectivity index (χ3v) is 8.37. The maximum atomic E-state index is 12.7. The Balaban J connectivity index is 1.34. The monoisotopic (exact) mass is 550 g/mol. The molecule has 0 spiro atoms. The molecule has 1 saturated carbocycles. The molecule has 0 bridgehead atoms. The van der Waals surface area contributed by atoms with Crippen LogP contribution < -0.4 is 5.32 Å². The molecule has 4 aromatic rings. The summed E-state index contributed by atoms with van der Waals surface area (Å²) in [6.45, 7) is 3.59. The van der Waals surface area contributed by atoms with E-state index in [0.29, 0.717) is 21.4 Å². The lowest BCUT2D eigenvalue weighted by molar-refractivity contribution is -0.109. The molecule has 0 unspecified atom stereocenters. The van der Waals surface area contributed by atoms with Gasteiger partial charge in [-0.2, -0.15) is 4.37 Å². The number of rotatable bonds is 7. The Bertz CT molecular complexity index is 1480. The average molecular weight is 551 g/mol. The third-order valence-electron chi connectivity index (χ3n) is 6.74. The second kappa shape index (κ2) is 10.3. The van der Waals surface area contributed by atoms with Gasteiger partial charge < -0.3 is 9.53 Å². The molecule has 0 saturated heterocycles. The number of aryl methyl sites for hydroxylation is 1. The summed E-state index contributed by atoms with van der Waals surface area (Å²) in [4.78, 5) is 24.9. The molecular weight excluding hydrogens is 527 g/mol. The predicted octanol–water partition coefficient (Wildman–Crippen LogP) is 8.63. The first-order chi connectivity index (χ1) is 17.8. The zero-order chi connectivity index (χ0) is 26.2. The number of hydrogen-bond donors (Lipinski definition) is 1. The molecule has 1 fully saturated rings. The standard InChI is InChI=1S/C29H24Cl2N2O3S/c1-17-26(32-28(35)36-18(2)22-5-3-4-6-24(22)30)27(37-33-17)23-12-9-20(15-25(23)31)19-7-10-21(11-8-19)29(16-34)13-14-29/h3-12,15-16,18H,13-14H2,1-2H3,(H,32,35)/t18-/m1/s1. The largest absolute Gasteiger partial charge is 0.441 e. The van der Waals surface area contributed by atoms with E-state index >= 15 is 0 Å². The highest BCUT2D eigenvalue weighted by atomic mass is 35.5. The van der Waals surface area contributed by atoms with Gasteiger partial charge in [-0.3, -0.25) is 5.32 Å². The molecule has 1 aliphatic carbocycles. The van der Waals surface area contributed by atoms with Crippen molar-refractivity contribution in [2.45, 2.75) is 38.2 Å². The topological polar surface area (TPSA) is 68.3 Å². The van der Waals surface area contributed by atoms with Gasteiger partial charge in [0.1, 0.15) is 12.4 Å². The smallest absolute Gasteiger partial charge is 0.412 e. The van der Waals surface area contributed by atoms with Crippen LogP contribution in [0.25, 0.3) is 21.6 Å². The number of aldehydes is 1. The van der Waals surface area contributed by atoms with E-state index in [2.05, 4.69) is 9.69 Å². The van der Waals surface area contributed by atoms with Crippen molar-refractivity contribution in [1.29, 1.82) is 0 Å². The number of nitrogens with one attached hydrogen (secondary N) is 1. The fraction of sp³-hybridized carbons (Fsp3) is 0.207. The summed E-state index contributed by atoms with van der Waals surface area (Å²) in [6, 6.07) is 21.1. The van der Waals surface area contributed by atoms with Crippen LogP contribution in [0.4, 0.5) is 10.5 Å². The fourth-order valence-electron chi connectivity index (χ4n) is 4.34. The van der Waals surface area contributed by atoms with E-state index in [-0.39, 0.29) is 5.41 Å². The first-order valence-electron chi connectivity index (χ1n) is 11.9. The summed E-state index contributed by atoms with van der Waals surface area (Å²) >= 11 is 14.2. The van der Waals surface area contributed by atoms with Gasteiger partial charge in [0.2, 0.25) is 0 Å². The highest BCUT2D eigenvalue weighted by molar-refractivity contribution is 7.10. The SMILES string of the molecule is Cc1nsc(-c2ccc(-c3ccc(C4(C=O)CC4)cc3)cc2Cl)c1NC(=O)O[C@H](C)c1ccccc1Cl. The lowest BCUT2D eigenvalue weighted by Crippen LogP contribution is -2.17. The first-order valence-corrected chi connectivity index (χ1v) is 13.4. The number of halogens is 2. The van der Waals surface area contributed by atoms with Gasteiger partial charge in [-0.1, -0.05) is 77.8 Å². The van der Waals surface area contributed by atoms with Gasteiger partial charge >= 0.3 is 6.09 Å².